The first-order valence-corrected chi connectivity index (χ1v) is 8.74. The summed E-state index contributed by atoms with van der Waals surface area (Å²) >= 11 is 5.90. The molecule has 0 aliphatic carbocycles. The molecular weight excluding hydrogens is 338 g/mol. The molecule has 132 valence electrons. The molecule has 0 unspecified atom stereocenters. The predicted molar refractivity (Wildman–Crippen MR) is 98.4 cm³/mol. The van der Waals surface area contributed by atoms with Crippen molar-refractivity contribution in [3.8, 4) is 11.5 Å². The summed E-state index contributed by atoms with van der Waals surface area (Å²) in [5, 5.41) is 0.715. The molecule has 25 heavy (non-hydrogen) atoms. The van der Waals surface area contributed by atoms with E-state index in [9.17, 15) is 4.79 Å². The van der Waals surface area contributed by atoms with Gasteiger partial charge in [0.1, 0.15) is 0 Å². The van der Waals surface area contributed by atoms with Gasteiger partial charge in [-0.15, -0.1) is 0 Å². The van der Waals surface area contributed by atoms with Gasteiger partial charge in [-0.05, 0) is 53.8 Å². The largest absolute Gasteiger partial charge is 0.493 e. The zero-order valence-electron chi connectivity index (χ0n) is 14.5. The normalized spacial score (nSPS) is 13.3. The average Bonchev–Trinajstić information content (AvgIpc) is 2.65. The van der Waals surface area contributed by atoms with E-state index in [0.29, 0.717) is 23.7 Å². The molecule has 1 aliphatic heterocycles. The van der Waals surface area contributed by atoms with Crippen LogP contribution >= 0.6 is 11.6 Å². The number of fused-ring (bicyclic) bond motifs is 1. The first-order chi connectivity index (χ1) is 12.1. The van der Waals surface area contributed by atoms with E-state index >= 15 is 0 Å². The number of rotatable bonds is 5. The second kappa shape index (κ2) is 7.79. The van der Waals surface area contributed by atoms with Crippen molar-refractivity contribution < 1.29 is 14.3 Å². The minimum atomic E-state index is 0.176. The fourth-order valence-electron chi connectivity index (χ4n) is 3.16. The summed E-state index contributed by atoms with van der Waals surface area (Å²) in [5.41, 5.74) is 3.48. The van der Waals surface area contributed by atoms with Crippen LogP contribution in [0, 0.1) is 0 Å². The van der Waals surface area contributed by atoms with Gasteiger partial charge >= 0.3 is 0 Å². The van der Waals surface area contributed by atoms with Gasteiger partial charge in [-0.25, -0.2) is 0 Å². The summed E-state index contributed by atoms with van der Waals surface area (Å²) in [5.74, 6) is 1.62. The maximum Gasteiger partial charge on any atom is 0.223 e. The maximum atomic E-state index is 12.6. The van der Waals surface area contributed by atoms with Crippen molar-refractivity contribution in [1.82, 2.24) is 4.90 Å². The van der Waals surface area contributed by atoms with Gasteiger partial charge in [0, 0.05) is 24.5 Å². The Kier molecular flexibility index (Phi) is 5.49. The molecule has 2 aromatic carbocycles. The van der Waals surface area contributed by atoms with E-state index in [2.05, 4.69) is 0 Å². The van der Waals surface area contributed by atoms with E-state index in [0.717, 1.165) is 36.3 Å². The molecule has 2 aromatic rings. The number of nitrogens with zero attached hydrogens (tertiary/aromatic N) is 1. The minimum Gasteiger partial charge on any atom is -0.493 e. The molecule has 0 N–H and O–H groups in total. The lowest BCUT2D eigenvalue weighted by Gasteiger charge is -2.29. The lowest BCUT2D eigenvalue weighted by atomic mass is 9.98. The summed E-state index contributed by atoms with van der Waals surface area (Å²) in [6, 6.07) is 11.7. The number of carbonyl (C=O) groups is 1. The first-order valence-electron chi connectivity index (χ1n) is 8.36. The van der Waals surface area contributed by atoms with Crippen LogP contribution in [0.2, 0.25) is 5.02 Å². The molecule has 3 rings (SSSR count). The lowest BCUT2D eigenvalue weighted by molar-refractivity contribution is -0.132. The summed E-state index contributed by atoms with van der Waals surface area (Å²) in [6.45, 7) is 1.36. The highest BCUT2D eigenvalue weighted by Crippen LogP contribution is 2.33. The van der Waals surface area contributed by atoms with Crippen LogP contribution in [0.3, 0.4) is 0 Å². The third-order valence-corrected chi connectivity index (χ3v) is 4.86. The van der Waals surface area contributed by atoms with E-state index < -0.39 is 0 Å². The van der Waals surface area contributed by atoms with Crippen molar-refractivity contribution in [1.29, 1.82) is 0 Å². The molecule has 0 spiro atoms. The molecule has 0 fully saturated rings. The SMILES string of the molecule is COc1cc2c(cc1OC)CN(C(=O)CCc1ccc(Cl)cc1)CC2. The van der Waals surface area contributed by atoms with Gasteiger partial charge in [0.25, 0.3) is 0 Å². The van der Waals surface area contributed by atoms with E-state index in [-0.39, 0.29) is 5.91 Å². The highest BCUT2D eigenvalue weighted by Gasteiger charge is 2.22. The summed E-state index contributed by atoms with van der Waals surface area (Å²) in [4.78, 5) is 14.5. The molecule has 4 nitrogen and oxygen atoms in total. The highest BCUT2D eigenvalue weighted by molar-refractivity contribution is 6.30. The van der Waals surface area contributed by atoms with E-state index in [4.69, 9.17) is 21.1 Å². The number of halogens is 1. The molecule has 0 atom stereocenters. The fourth-order valence-corrected chi connectivity index (χ4v) is 3.28. The Morgan fingerprint density at radius 3 is 2.36 bits per heavy atom. The molecule has 0 aromatic heterocycles. The number of benzene rings is 2. The Morgan fingerprint density at radius 1 is 1.08 bits per heavy atom. The topological polar surface area (TPSA) is 38.8 Å². The van der Waals surface area contributed by atoms with Crippen LogP contribution in [-0.4, -0.2) is 31.6 Å². The van der Waals surface area contributed by atoms with Crippen LogP contribution < -0.4 is 9.47 Å². The molecule has 0 saturated carbocycles. The van der Waals surface area contributed by atoms with Crippen LogP contribution in [0.1, 0.15) is 23.1 Å². The van der Waals surface area contributed by atoms with E-state index in [1.165, 1.54) is 5.56 Å². The van der Waals surface area contributed by atoms with E-state index in [1.54, 1.807) is 14.2 Å². The lowest BCUT2D eigenvalue weighted by Crippen LogP contribution is -2.36. The van der Waals surface area contributed by atoms with Crippen LogP contribution in [0.4, 0.5) is 0 Å². The van der Waals surface area contributed by atoms with Crippen molar-refractivity contribution in [2.45, 2.75) is 25.8 Å². The summed E-state index contributed by atoms with van der Waals surface area (Å²) in [7, 11) is 3.27. The van der Waals surface area contributed by atoms with Crippen LogP contribution in [-0.2, 0) is 24.2 Å². The molecule has 0 saturated heterocycles. The summed E-state index contributed by atoms with van der Waals surface area (Å²) < 4.78 is 10.7. The predicted octanol–water partition coefficient (Wildman–Crippen LogP) is 3.87. The Bertz CT molecular complexity index is 758. The number of hydrogen-bond acceptors (Lipinski definition) is 3. The van der Waals surface area contributed by atoms with Crippen molar-refractivity contribution >= 4 is 17.5 Å². The van der Waals surface area contributed by atoms with Gasteiger partial charge in [-0.3, -0.25) is 4.79 Å². The van der Waals surface area contributed by atoms with Crippen molar-refractivity contribution in [3.63, 3.8) is 0 Å². The van der Waals surface area contributed by atoms with E-state index in [1.807, 2.05) is 41.3 Å². The van der Waals surface area contributed by atoms with Gasteiger partial charge in [-0.1, -0.05) is 23.7 Å². The number of ether oxygens (including phenoxy) is 2. The number of hydrogen-bond donors (Lipinski definition) is 0. The molecule has 1 heterocycles. The quantitative estimate of drug-likeness (QED) is 0.813. The fraction of sp³-hybridized carbons (Fsp3) is 0.350. The van der Waals surface area contributed by atoms with Crippen LogP contribution in [0.5, 0.6) is 11.5 Å². The molecule has 5 heteroatoms. The van der Waals surface area contributed by atoms with Crippen LogP contribution in [0.25, 0.3) is 0 Å². The smallest absolute Gasteiger partial charge is 0.223 e. The highest BCUT2D eigenvalue weighted by atomic mass is 35.5. The Labute approximate surface area is 153 Å². The van der Waals surface area contributed by atoms with Crippen LogP contribution in [0.15, 0.2) is 36.4 Å². The summed E-state index contributed by atoms with van der Waals surface area (Å²) in [6.07, 6.45) is 2.07. The molecule has 1 aliphatic rings. The van der Waals surface area contributed by atoms with Gasteiger partial charge < -0.3 is 14.4 Å². The standard InChI is InChI=1S/C20H22ClNO3/c1-24-18-11-15-9-10-22(13-16(15)12-19(18)25-2)20(23)8-5-14-3-6-17(21)7-4-14/h3-4,6-7,11-12H,5,8-10,13H2,1-2H3. The van der Waals surface area contributed by atoms with Crippen molar-refractivity contribution in [2.24, 2.45) is 0 Å². The third kappa shape index (κ3) is 4.07. The Morgan fingerprint density at radius 2 is 1.72 bits per heavy atom. The minimum absolute atomic E-state index is 0.176. The monoisotopic (exact) mass is 359 g/mol. The third-order valence-electron chi connectivity index (χ3n) is 4.61. The van der Waals surface area contributed by atoms with Gasteiger partial charge in [0.15, 0.2) is 11.5 Å². The average molecular weight is 360 g/mol. The molecule has 0 bridgehead atoms. The van der Waals surface area contributed by atoms with Crippen molar-refractivity contribution in [2.75, 3.05) is 20.8 Å². The Hall–Kier alpha value is -2.20. The van der Waals surface area contributed by atoms with Crippen molar-refractivity contribution in [3.05, 3.63) is 58.1 Å². The van der Waals surface area contributed by atoms with Gasteiger partial charge in [0.2, 0.25) is 5.91 Å². The molecule has 1 amide bonds. The maximum absolute atomic E-state index is 12.6. The zero-order valence-corrected chi connectivity index (χ0v) is 15.3. The second-order valence-corrected chi connectivity index (χ2v) is 6.60. The first kappa shape index (κ1) is 17.6. The second-order valence-electron chi connectivity index (χ2n) is 6.17. The number of carbonyl (C=O) groups excluding carboxylic acids is 1. The number of methoxy groups -OCH3 is 2. The molecule has 0 radical (unpaired) electrons. The Balaban J connectivity index is 1.65. The molecular formula is C20H22ClNO3. The van der Waals surface area contributed by atoms with Gasteiger partial charge in [-0.2, -0.15) is 0 Å². The number of amides is 1. The number of aryl methyl sites for hydroxylation is 1. The van der Waals surface area contributed by atoms with Gasteiger partial charge in [0.05, 0.1) is 14.2 Å². The zero-order chi connectivity index (χ0) is 17.8.